The Morgan fingerprint density at radius 3 is 2.74 bits per heavy atom. The fourth-order valence-corrected chi connectivity index (χ4v) is 1.82. The fraction of sp³-hybridized carbons (Fsp3) is 0.562. The van der Waals surface area contributed by atoms with E-state index in [1.165, 1.54) is 11.1 Å². The van der Waals surface area contributed by atoms with Crippen LogP contribution in [0, 0.1) is 6.92 Å². The van der Waals surface area contributed by atoms with Crippen molar-refractivity contribution in [2.24, 2.45) is 4.99 Å². The van der Waals surface area contributed by atoms with E-state index >= 15 is 0 Å². The summed E-state index contributed by atoms with van der Waals surface area (Å²) in [5.41, 5.74) is 2.66. The molecule has 0 saturated heterocycles. The van der Waals surface area contributed by atoms with Crippen LogP contribution in [-0.4, -0.2) is 25.1 Å². The predicted molar refractivity (Wildman–Crippen MR) is 83.8 cm³/mol. The first-order chi connectivity index (χ1) is 9.15. The maximum atomic E-state index is 4.62. The van der Waals surface area contributed by atoms with Crippen LogP contribution in [0.5, 0.6) is 0 Å². The van der Waals surface area contributed by atoms with Gasteiger partial charge in [0.1, 0.15) is 0 Å². The molecule has 3 nitrogen and oxygen atoms in total. The summed E-state index contributed by atoms with van der Waals surface area (Å²) in [5, 5.41) is 6.69. The van der Waals surface area contributed by atoms with Gasteiger partial charge in [-0.2, -0.15) is 0 Å². The molecule has 0 radical (unpaired) electrons. The van der Waals surface area contributed by atoms with E-state index in [9.17, 15) is 0 Å². The number of hydrogen-bond donors (Lipinski definition) is 2. The zero-order valence-corrected chi connectivity index (χ0v) is 12.7. The monoisotopic (exact) mass is 261 g/mol. The predicted octanol–water partition coefficient (Wildman–Crippen LogP) is 2.89. The number of guanidine groups is 1. The van der Waals surface area contributed by atoms with E-state index in [1.807, 2.05) is 0 Å². The molecule has 0 heterocycles. The first kappa shape index (κ1) is 15.5. The SMILES string of the molecule is CCNC(=NCCc1cccc(C)c1)NC(C)CC. The van der Waals surface area contributed by atoms with Crippen molar-refractivity contribution in [3.63, 3.8) is 0 Å². The molecular formula is C16H27N3. The smallest absolute Gasteiger partial charge is 0.191 e. The number of nitrogens with one attached hydrogen (secondary N) is 2. The van der Waals surface area contributed by atoms with Crippen LogP contribution in [0.25, 0.3) is 0 Å². The van der Waals surface area contributed by atoms with Crippen molar-refractivity contribution in [2.75, 3.05) is 13.1 Å². The topological polar surface area (TPSA) is 36.4 Å². The highest BCUT2D eigenvalue weighted by atomic mass is 15.2. The molecule has 0 aliphatic heterocycles. The molecule has 3 heteroatoms. The summed E-state index contributed by atoms with van der Waals surface area (Å²) < 4.78 is 0. The summed E-state index contributed by atoms with van der Waals surface area (Å²) in [5.74, 6) is 0.921. The molecule has 1 unspecified atom stereocenters. The molecule has 0 saturated carbocycles. The van der Waals surface area contributed by atoms with Gasteiger partial charge in [-0.3, -0.25) is 4.99 Å². The van der Waals surface area contributed by atoms with E-state index in [4.69, 9.17) is 0 Å². The number of nitrogens with zero attached hydrogens (tertiary/aromatic N) is 1. The minimum atomic E-state index is 0.455. The third kappa shape index (κ3) is 6.27. The van der Waals surface area contributed by atoms with Gasteiger partial charge in [0.15, 0.2) is 5.96 Å². The Kier molecular flexibility index (Phi) is 7.01. The Balaban J connectivity index is 2.51. The van der Waals surface area contributed by atoms with Crippen LogP contribution in [0.1, 0.15) is 38.3 Å². The van der Waals surface area contributed by atoms with Crippen molar-refractivity contribution in [3.05, 3.63) is 35.4 Å². The lowest BCUT2D eigenvalue weighted by atomic mass is 10.1. The second-order valence-corrected chi connectivity index (χ2v) is 4.95. The van der Waals surface area contributed by atoms with Crippen molar-refractivity contribution in [3.8, 4) is 0 Å². The lowest BCUT2D eigenvalue weighted by molar-refractivity contribution is 0.624. The zero-order valence-electron chi connectivity index (χ0n) is 12.7. The Hall–Kier alpha value is -1.51. The van der Waals surface area contributed by atoms with Gasteiger partial charge in [-0.15, -0.1) is 0 Å². The van der Waals surface area contributed by atoms with Gasteiger partial charge in [0, 0.05) is 19.1 Å². The number of aryl methyl sites for hydroxylation is 1. The fourth-order valence-electron chi connectivity index (χ4n) is 1.82. The maximum Gasteiger partial charge on any atom is 0.191 e. The second-order valence-electron chi connectivity index (χ2n) is 4.95. The second kappa shape index (κ2) is 8.57. The van der Waals surface area contributed by atoms with Crippen LogP contribution >= 0.6 is 0 Å². The van der Waals surface area contributed by atoms with E-state index in [1.54, 1.807) is 0 Å². The molecule has 0 aliphatic carbocycles. The third-order valence-corrected chi connectivity index (χ3v) is 3.09. The van der Waals surface area contributed by atoms with E-state index in [-0.39, 0.29) is 0 Å². The molecule has 0 aromatic heterocycles. The number of aliphatic imine (C=N–C) groups is 1. The minimum Gasteiger partial charge on any atom is -0.357 e. The average molecular weight is 261 g/mol. The van der Waals surface area contributed by atoms with Gasteiger partial charge in [0.2, 0.25) is 0 Å². The molecule has 0 bridgehead atoms. The lowest BCUT2D eigenvalue weighted by Gasteiger charge is -2.16. The van der Waals surface area contributed by atoms with Crippen LogP contribution in [-0.2, 0) is 6.42 Å². The summed E-state index contributed by atoms with van der Waals surface area (Å²) in [6, 6.07) is 9.08. The van der Waals surface area contributed by atoms with Crippen molar-refractivity contribution >= 4 is 5.96 Å². The molecular weight excluding hydrogens is 234 g/mol. The number of benzene rings is 1. The average Bonchev–Trinajstić information content (AvgIpc) is 2.39. The summed E-state index contributed by atoms with van der Waals surface area (Å²) >= 11 is 0. The highest BCUT2D eigenvalue weighted by molar-refractivity contribution is 5.80. The molecule has 2 N–H and O–H groups in total. The van der Waals surface area contributed by atoms with E-state index in [2.05, 4.69) is 67.6 Å². The van der Waals surface area contributed by atoms with Crippen LogP contribution in [0.15, 0.2) is 29.3 Å². The van der Waals surface area contributed by atoms with Gasteiger partial charge in [-0.05, 0) is 39.2 Å². The maximum absolute atomic E-state index is 4.62. The van der Waals surface area contributed by atoms with Crippen molar-refractivity contribution in [1.82, 2.24) is 10.6 Å². The summed E-state index contributed by atoms with van der Waals surface area (Å²) in [6.45, 7) is 10.3. The molecule has 1 aromatic rings. The van der Waals surface area contributed by atoms with Crippen molar-refractivity contribution < 1.29 is 0 Å². The van der Waals surface area contributed by atoms with Crippen LogP contribution in [0.3, 0.4) is 0 Å². The standard InChI is InChI=1S/C16H27N3/c1-5-14(4)19-16(17-6-2)18-11-10-15-9-7-8-13(3)12-15/h7-9,12,14H,5-6,10-11H2,1-4H3,(H2,17,18,19). The van der Waals surface area contributed by atoms with E-state index in [0.717, 1.165) is 31.9 Å². The summed E-state index contributed by atoms with van der Waals surface area (Å²) in [7, 11) is 0. The molecule has 1 rings (SSSR count). The van der Waals surface area contributed by atoms with Crippen molar-refractivity contribution in [2.45, 2.75) is 46.6 Å². The minimum absolute atomic E-state index is 0.455. The van der Waals surface area contributed by atoms with E-state index < -0.39 is 0 Å². The highest BCUT2D eigenvalue weighted by Crippen LogP contribution is 2.04. The Morgan fingerprint density at radius 2 is 2.11 bits per heavy atom. The van der Waals surface area contributed by atoms with Crippen LogP contribution in [0.2, 0.25) is 0 Å². The molecule has 0 spiro atoms. The Labute approximate surface area is 117 Å². The van der Waals surface area contributed by atoms with Gasteiger partial charge in [-0.1, -0.05) is 36.8 Å². The Morgan fingerprint density at radius 1 is 1.32 bits per heavy atom. The lowest BCUT2D eigenvalue weighted by Crippen LogP contribution is -2.42. The van der Waals surface area contributed by atoms with Gasteiger partial charge >= 0.3 is 0 Å². The zero-order chi connectivity index (χ0) is 14.1. The largest absolute Gasteiger partial charge is 0.357 e. The molecule has 0 amide bonds. The van der Waals surface area contributed by atoms with Crippen LogP contribution < -0.4 is 10.6 Å². The molecule has 1 aromatic carbocycles. The highest BCUT2D eigenvalue weighted by Gasteiger charge is 2.02. The van der Waals surface area contributed by atoms with Gasteiger partial charge in [-0.25, -0.2) is 0 Å². The third-order valence-electron chi connectivity index (χ3n) is 3.09. The molecule has 19 heavy (non-hydrogen) atoms. The molecule has 106 valence electrons. The van der Waals surface area contributed by atoms with Crippen LogP contribution in [0.4, 0.5) is 0 Å². The molecule has 0 fully saturated rings. The Bertz CT molecular complexity index is 399. The molecule has 1 atom stereocenters. The van der Waals surface area contributed by atoms with Gasteiger partial charge in [0.25, 0.3) is 0 Å². The summed E-state index contributed by atoms with van der Waals surface area (Å²) in [6.07, 6.45) is 2.08. The number of rotatable bonds is 6. The quantitative estimate of drug-likeness (QED) is 0.610. The first-order valence-electron chi connectivity index (χ1n) is 7.26. The van der Waals surface area contributed by atoms with Gasteiger partial charge in [0.05, 0.1) is 0 Å². The first-order valence-corrected chi connectivity index (χ1v) is 7.26. The molecule has 0 aliphatic rings. The number of hydrogen-bond acceptors (Lipinski definition) is 1. The van der Waals surface area contributed by atoms with Gasteiger partial charge < -0.3 is 10.6 Å². The summed E-state index contributed by atoms with van der Waals surface area (Å²) in [4.78, 5) is 4.62. The van der Waals surface area contributed by atoms with Crippen molar-refractivity contribution in [1.29, 1.82) is 0 Å². The van der Waals surface area contributed by atoms with E-state index in [0.29, 0.717) is 6.04 Å². The normalized spacial score (nSPS) is 13.2.